The van der Waals surface area contributed by atoms with Gasteiger partial charge in [0.05, 0.1) is 38.3 Å². The summed E-state index contributed by atoms with van der Waals surface area (Å²) in [5.41, 5.74) is 3.18. The highest BCUT2D eigenvalue weighted by Gasteiger charge is 2.20. The van der Waals surface area contributed by atoms with Crippen molar-refractivity contribution in [2.45, 2.75) is 13.0 Å². The van der Waals surface area contributed by atoms with Crippen LogP contribution >= 0.6 is 0 Å². The van der Waals surface area contributed by atoms with Gasteiger partial charge in [-0.2, -0.15) is 0 Å². The maximum Gasteiger partial charge on any atom is 0.234 e. The molecule has 4 rings (SSSR count). The number of rotatable bonds is 9. The summed E-state index contributed by atoms with van der Waals surface area (Å²) in [6.45, 7) is 5.45. The van der Waals surface area contributed by atoms with E-state index in [9.17, 15) is 4.79 Å². The van der Waals surface area contributed by atoms with Crippen LogP contribution < -0.4 is 14.8 Å². The number of carbonyl (C=O) groups excluding carboxylic acids is 1. The van der Waals surface area contributed by atoms with E-state index in [4.69, 9.17) is 9.47 Å². The van der Waals surface area contributed by atoms with E-state index in [1.165, 1.54) is 0 Å². The Kier molecular flexibility index (Phi) is 7.24. The van der Waals surface area contributed by atoms with E-state index in [0.29, 0.717) is 24.6 Å². The van der Waals surface area contributed by atoms with Crippen molar-refractivity contribution in [1.82, 2.24) is 25.1 Å². The Balaban J connectivity index is 1.17. The fourth-order valence-corrected chi connectivity index (χ4v) is 4.04. The molecule has 1 aromatic heterocycles. The average molecular weight is 438 g/mol. The number of nitrogens with zero attached hydrogens (tertiary/aromatic N) is 3. The molecule has 2 aromatic carbocycles. The first-order chi connectivity index (χ1) is 15.6. The summed E-state index contributed by atoms with van der Waals surface area (Å²) in [7, 11) is 3.25. The van der Waals surface area contributed by atoms with Gasteiger partial charge in [0, 0.05) is 32.7 Å². The van der Waals surface area contributed by atoms with Crippen molar-refractivity contribution in [3.05, 3.63) is 53.9 Å². The number of imidazole rings is 1. The number of methoxy groups -OCH3 is 2. The second-order valence-corrected chi connectivity index (χ2v) is 8.04. The van der Waals surface area contributed by atoms with Crippen molar-refractivity contribution >= 4 is 16.9 Å². The average Bonchev–Trinajstić information content (AvgIpc) is 3.22. The number of ether oxygens (including phenoxy) is 2. The topological polar surface area (TPSA) is 82.7 Å². The van der Waals surface area contributed by atoms with Crippen LogP contribution in [0.2, 0.25) is 0 Å². The zero-order valence-corrected chi connectivity index (χ0v) is 18.8. The molecule has 170 valence electrons. The molecule has 0 atom stereocenters. The molecule has 32 heavy (non-hydrogen) atoms. The van der Waals surface area contributed by atoms with Crippen molar-refractivity contribution in [2.75, 3.05) is 53.5 Å². The largest absolute Gasteiger partial charge is 0.493 e. The Bertz CT molecular complexity index is 1010. The van der Waals surface area contributed by atoms with Crippen LogP contribution in [-0.4, -0.2) is 79.2 Å². The van der Waals surface area contributed by atoms with E-state index in [1.807, 2.05) is 42.5 Å². The summed E-state index contributed by atoms with van der Waals surface area (Å²) in [5, 5.41) is 3.03. The summed E-state index contributed by atoms with van der Waals surface area (Å²) in [5.74, 6) is 2.47. The predicted molar refractivity (Wildman–Crippen MR) is 124 cm³/mol. The van der Waals surface area contributed by atoms with Crippen molar-refractivity contribution in [2.24, 2.45) is 0 Å². The number of para-hydroxylation sites is 2. The summed E-state index contributed by atoms with van der Waals surface area (Å²) in [6, 6.07) is 13.9. The number of amides is 1. The third kappa shape index (κ3) is 5.57. The van der Waals surface area contributed by atoms with Crippen LogP contribution in [0.3, 0.4) is 0 Å². The summed E-state index contributed by atoms with van der Waals surface area (Å²) >= 11 is 0. The van der Waals surface area contributed by atoms with Crippen LogP contribution in [0.1, 0.15) is 11.4 Å². The number of hydrogen-bond acceptors (Lipinski definition) is 6. The lowest BCUT2D eigenvalue weighted by atomic mass is 10.1. The van der Waals surface area contributed by atoms with Gasteiger partial charge in [0.2, 0.25) is 5.91 Å². The number of hydrogen-bond donors (Lipinski definition) is 2. The minimum atomic E-state index is 0.0659. The highest BCUT2D eigenvalue weighted by molar-refractivity contribution is 5.78. The van der Waals surface area contributed by atoms with Crippen LogP contribution in [0.5, 0.6) is 11.5 Å². The van der Waals surface area contributed by atoms with Gasteiger partial charge in [-0.15, -0.1) is 0 Å². The van der Waals surface area contributed by atoms with E-state index < -0.39 is 0 Å². The maximum atomic E-state index is 12.4. The van der Waals surface area contributed by atoms with Crippen LogP contribution in [-0.2, 0) is 17.8 Å². The lowest BCUT2D eigenvalue weighted by molar-refractivity contribution is -0.122. The standard InChI is InChI=1S/C24H31N5O3/c1-31-21-8-7-18(15-22(21)32-2)9-10-25-24(30)17-29-13-11-28(12-14-29)16-23-26-19-5-3-4-6-20(19)27-23/h3-8,15H,9-14,16-17H2,1-2H3,(H,25,30)(H,26,27). The Labute approximate surface area is 188 Å². The molecule has 8 heteroatoms. The summed E-state index contributed by atoms with van der Waals surface area (Å²) in [6.07, 6.45) is 0.747. The number of aromatic nitrogens is 2. The number of aromatic amines is 1. The maximum absolute atomic E-state index is 12.4. The normalized spacial score (nSPS) is 15.1. The fraction of sp³-hybridized carbons (Fsp3) is 0.417. The first-order valence-corrected chi connectivity index (χ1v) is 11.0. The molecule has 1 aliphatic rings. The van der Waals surface area contributed by atoms with E-state index in [0.717, 1.165) is 61.6 Å². The van der Waals surface area contributed by atoms with Crippen LogP contribution in [0, 0.1) is 0 Å². The SMILES string of the molecule is COc1ccc(CCNC(=O)CN2CCN(Cc3nc4ccccc4[nH]3)CC2)cc1OC. The molecule has 0 saturated carbocycles. The van der Waals surface area contributed by atoms with Gasteiger partial charge < -0.3 is 19.8 Å². The zero-order valence-electron chi connectivity index (χ0n) is 18.8. The van der Waals surface area contributed by atoms with Crippen LogP contribution in [0.4, 0.5) is 0 Å². The molecule has 1 fully saturated rings. The third-order valence-electron chi connectivity index (χ3n) is 5.83. The molecule has 0 bridgehead atoms. The first kappa shape index (κ1) is 22.1. The molecule has 2 N–H and O–H groups in total. The molecule has 1 amide bonds. The van der Waals surface area contributed by atoms with Crippen LogP contribution in [0.15, 0.2) is 42.5 Å². The number of nitrogens with one attached hydrogen (secondary N) is 2. The minimum Gasteiger partial charge on any atom is -0.493 e. The van der Waals surface area contributed by atoms with Gasteiger partial charge in [0.25, 0.3) is 0 Å². The Morgan fingerprint density at radius 1 is 1.03 bits per heavy atom. The second-order valence-electron chi connectivity index (χ2n) is 8.04. The summed E-state index contributed by atoms with van der Waals surface area (Å²) in [4.78, 5) is 25.0. The molecule has 1 aliphatic heterocycles. The fourth-order valence-electron chi connectivity index (χ4n) is 4.04. The molecule has 8 nitrogen and oxygen atoms in total. The quantitative estimate of drug-likeness (QED) is 0.533. The van der Waals surface area contributed by atoms with Gasteiger partial charge in [-0.25, -0.2) is 4.98 Å². The first-order valence-electron chi connectivity index (χ1n) is 11.0. The van der Waals surface area contributed by atoms with E-state index >= 15 is 0 Å². The minimum absolute atomic E-state index is 0.0659. The zero-order chi connectivity index (χ0) is 22.3. The molecule has 0 aliphatic carbocycles. The lowest BCUT2D eigenvalue weighted by Gasteiger charge is -2.33. The monoisotopic (exact) mass is 437 g/mol. The Morgan fingerprint density at radius 3 is 2.53 bits per heavy atom. The number of benzene rings is 2. The third-order valence-corrected chi connectivity index (χ3v) is 5.83. The van der Waals surface area contributed by atoms with E-state index in [-0.39, 0.29) is 5.91 Å². The second kappa shape index (κ2) is 10.5. The number of piperazine rings is 1. The van der Waals surface area contributed by atoms with Crippen molar-refractivity contribution < 1.29 is 14.3 Å². The van der Waals surface area contributed by atoms with Gasteiger partial charge >= 0.3 is 0 Å². The van der Waals surface area contributed by atoms with Gasteiger partial charge in [-0.1, -0.05) is 18.2 Å². The van der Waals surface area contributed by atoms with Crippen molar-refractivity contribution in [1.29, 1.82) is 0 Å². The Hall–Kier alpha value is -3.10. The molecule has 0 unspecified atom stereocenters. The van der Waals surface area contributed by atoms with Gasteiger partial charge in [-0.3, -0.25) is 14.6 Å². The molecular formula is C24H31N5O3. The smallest absolute Gasteiger partial charge is 0.234 e. The molecule has 0 radical (unpaired) electrons. The van der Waals surface area contributed by atoms with Gasteiger partial charge in [-0.05, 0) is 36.2 Å². The highest BCUT2D eigenvalue weighted by atomic mass is 16.5. The van der Waals surface area contributed by atoms with E-state index in [2.05, 4.69) is 25.1 Å². The number of carbonyl (C=O) groups is 1. The molecule has 2 heterocycles. The van der Waals surface area contributed by atoms with Crippen LogP contribution in [0.25, 0.3) is 11.0 Å². The predicted octanol–water partition coefficient (Wildman–Crippen LogP) is 2.06. The van der Waals surface area contributed by atoms with Crippen molar-refractivity contribution in [3.63, 3.8) is 0 Å². The lowest BCUT2D eigenvalue weighted by Crippen LogP contribution is -2.49. The molecule has 1 saturated heterocycles. The van der Waals surface area contributed by atoms with Gasteiger partial charge in [0.1, 0.15) is 5.82 Å². The number of H-pyrrole nitrogens is 1. The van der Waals surface area contributed by atoms with Gasteiger partial charge in [0.15, 0.2) is 11.5 Å². The molecule has 3 aromatic rings. The molecular weight excluding hydrogens is 406 g/mol. The Morgan fingerprint density at radius 2 is 1.78 bits per heavy atom. The highest BCUT2D eigenvalue weighted by Crippen LogP contribution is 2.27. The van der Waals surface area contributed by atoms with Crippen molar-refractivity contribution in [3.8, 4) is 11.5 Å². The number of fused-ring (bicyclic) bond motifs is 1. The summed E-state index contributed by atoms with van der Waals surface area (Å²) < 4.78 is 10.6. The van der Waals surface area contributed by atoms with E-state index in [1.54, 1.807) is 14.2 Å². The molecule has 0 spiro atoms.